The fourth-order valence-corrected chi connectivity index (χ4v) is 9.10. The number of hydrogen-bond donors (Lipinski definition) is 0. The van der Waals surface area contributed by atoms with Gasteiger partial charge in [-0.3, -0.25) is 0 Å². The third kappa shape index (κ3) is 2.40. The van der Waals surface area contributed by atoms with E-state index in [4.69, 9.17) is 0 Å². The molecule has 0 spiro atoms. The molecule has 1 fully saturated rings. The van der Waals surface area contributed by atoms with Gasteiger partial charge in [0.05, 0.1) is 16.6 Å². The summed E-state index contributed by atoms with van der Waals surface area (Å²) in [5, 5.41) is 2.82. The van der Waals surface area contributed by atoms with Crippen molar-refractivity contribution < 1.29 is 0 Å². The molecule has 0 radical (unpaired) electrons. The molecule has 2 unspecified atom stereocenters. The average Bonchev–Trinajstić information content (AvgIpc) is 3.37. The first-order chi connectivity index (χ1) is 18.7. The standard InChI is InChI=1S/C36H35BN2/c1-34(2,3)22-16-17-27-30(20-22)38-28-14-8-6-12-23(28)24-21-25-33-31(32(24)38)37(27)26-13-7-9-15-29(26)39(33)36(5)19-11-10-18-35(25,36)4/h6-9,12-17,20-21H,10-11,18-19H2,1-5H3. The molecule has 0 bridgehead atoms. The highest BCUT2D eigenvalue weighted by Gasteiger charge is 2.61. The highest BCUT2D eigenvalue weighted by Crippen LogP contribution is 2.62. The number of hydrogen-bond acceptors (Lipinski definition) is 1. The quantitative estimate of drug-likeness (QED) is 0.202. The van der Waals surface area contributed by atoms with Crippen LogP contribution in [-0.4, -0.2) is 16.8 Å². The Morgan fingerprint density at radius 2 is 1.51 bits per heavy atom. The second kappa shape index (κ2) is 6.81. The number of para-hydroxylation sites is 2. The third-order valence-corrected chi connectivity index (χ3v) is 11.3. The van der Waals surface area contributed by atoms with Crippen molar-refractivity contribution in [1.29, 1.82) is 0 Å². The summed E-state index contributed by atoms with van der Waals surface area (Å²) < 4.78 is 2.63. The van der Waals surface area contributed by atoms with Crippen LogP contribution in [0.25, 0.3) is 27.5 Å². The number of rotatable bonds is 0. The van der Waals surface area contributed by atoms with Crippen molar-refractivity contribution in [3.05, 3.63) is 83.9 Å². The highest BCUT2D eigenvalue weighted by atomic mass is 15.3. The Balaban J connectivity index is 1.53. The van der Waals surface area contributed by atoms with Crippen LogP contribution in [0.5, 0.6) is 0 Å². The molecule has 3 aliphatic heterocycles. The first kappa shape index (κ1) is 22.4. The van der Waals surface area contributed by atoms with E-state index < -0.39 is 0 Å². The molecule has 0 amide bonds. The molecule has 0 saturated heterocycles. The van der Waals surface area contributed by atoms with Gasteiger partial charge in [-0.15, -0.1) is 0 Å². The molecule has 4 heterocycles. The largest absolute Gasteiger partial charge is 0.335 e. The lowest BCUT2D eigenvalue weighted by Crippen LogP contribution is -2.63. The van der Waals surface area contributed by atoms with Crippen LogP contribution in [0.15, 0.2) is 72.8 Å². The summed E-state index contributed by atoms with van der Waals surface area (Å²) in [6, 6.07) is 28.4. The zero-order chi connectivity index (χ0) is 26.5. The van der Waals surface area contributed by atoms with Gasteiger partial charge in [0.1, 0.15) is 0 Å². The molecular weight excluding hydrogens is 471 g/mol. The summed E-state index contributed by atoms with van der Waals surface area (Å²) >= 11 is 0. The van der Waals surface area contributed by atoms with Crippen molar-refractivity contribution in [2.24, 2.45) is 0 Å². The molecule has 1 saturated carbocycles. The SMILES string of the molecule is CC(C)(C)c1ccc2c(c1)-n1c3ccccc3c3cc4c5c(c31)B2c1ccccc1N5C1(C)CCCCC41C. The van der Waals surface area contributed by atoms with E-state index >= 15 is 0 Å². The zero-order valence-electron chi connectivity index (χ0n) is 23.7. The van der Waals surface area contributed by atoms with Crippen LogP contribution >= 0.6 is 0 Å². The van der Waals surface area contributed by atoms with Gasteiger partial charge in [-0.05, 0) is 77.0 Å². The molecule has 192 valence electrons. The first-order valence-corrected chi connectivity index (χ1v) is 14.9. The number of benzene rings is 4. The lowest BCUT2D eigenvalue weighted by molar-refractivity contribution is 0.195. The van der Waals surface area contributed by atoms with Crippen molar-refractivity contribution in [2.45, 2.75) is 76.7 Å². The molecule has 3 heteroatoms. The summed E-state index contributed by atoms with van der Waals surface area (Å²) in [4.78, 5) is 2.82. The van der Waals surface area contributed by atoms with Gasteiger partial charge in [0.15, 0.2) is 0 Å². The Morgan fingerprint density at radius 1 is 0.769 bits per heavy atom. The van der Waals surface area contributed by atoms with Crippen LogP contribution in [0.4, 0.5) is 11.4 Å². The summed E-state index contributed by atoms with van der Waals surface area (Å²) in [5.41, 5.74) is 14.8. The summed E-state index contributed by atoms with van der Waals surface area (Å²) in [5.74, 6) is 0. The molecule has 0 N–H and O–H groups in total. The van der Waals surface area contributed by atoms with Crippen LogP contribution in [0.2, 0.25) is 0 Å². The number of anilines is 2. The van der Waals surface area contributed by atoms with Crippen LogP contribution in [0.1, 0.15) is 71.4 Å². The Bertz CT molecular complexity index is 1910. The van der Waals surface area contributed by atoms with Gasteiger partial charge in [-0.25, -0.2) is 0 Å². The summed E-state index contributed by atoms with van der Waals surface area (Å²) in [7, 11) is 0. The van der Waals surface area contributed by atoms with Gasteiger partial charge >= 0.3 is 0 Å². The van der Waals surface area contributed by atoms with E-state index in [-0.39, 0.29) is 23.1 Å². The molecule has 2 atom stereocenters. The Hall–Kier alpha value is -3.46. The Kier molecular flexibility index (Phi) is 3.91. The van der Waals surface area contributed by atoms with Crippen LogP contribution in [-0.2, 0) is 10.8 Å². The topological polar surface area (TPSA) is 8.17 Å². The Labute approximate surface area is 231 Å². The lowest BCUT2D eigenvalue weighted by Gasteiger charge is -2.52. The van der Waals surface area contributed by atoms with Gasteiger partial charge in [0.2, 0.25) is 0 Å². The van der Waals surface area contributed by atoms with E-state index in [1.165, 1.54) is 81.0 Å². The molecular formula is C36H35BN2. The molecule has 1 aromatic heterocycles. The molecule has 4 aliphatic rings. The summed E-state index contributed by atoms with van der Waals surface area (Å²) in [6.07, 6.45) is 5.13. The minimum atomic E-state index is 0.0843. The third-order valence-electron chi connectivity index (χ3n) is 11.3. The fourth-order valence-electron chi connectivity index (χ4n) is 9.10. The van der Waals surface area contributed by atoms with E-state index in [1.807, 2.05) is 0 Å². The van der Waals surface area contributed by atoms with Crippen molar-refractivity contribution in [3.8, 4) is 5.69 Å². The van der Waals surface area contributed by atoms with E-state index in [9.17, 15) is 0 Å². The van der Waals surface area contributed by atoms with Gasteiger partial charge in [-0.1, -0.05) is 89.1 Å². The molecule has 9 rings (SSSR count). The Morgan fingerprint density at radius 3 is 2.36 bits per heavy atom. The second-order valence-corrected chi connectivity index (χ2v) is 14.1. The van der Waals surface area contributed by atoms with Crippen LogP contribution < -0.4 is 21.3 Å². The van der Waals surface area contributed by atoms with Gasteiger partial charge < -0.3 is 9.47 Å². The average molecular weight is 507 g/mol. The minimum absolute atomic E-state index is 0.0843. The lowest BCUT2D eigenvalue weighted by atomic mass is 9.33. The second-order valence-electron chi connectivity index (χ2n) is 14.1. The zero-order valence-corrected chi connectivity index (χ0v) is 23.7. The first-order valence-electron chi connectivity index (χ1n) is 14.9. The molecule has 4 aromatic carbocycles. The molecule has 1 aliphatic carbocycles. The maximum Gasteiger partial charge on any atom is 0.252 e. The van der Waals surface area contributed by atoms with E-state index in [2.05, 4.69) is 117 Å². The predicted molar refractivity (Wildman–Crippen MR) is 167 cm³/mol. The highest BCUT2D eigenvalue weighted by molar-refractivity contribution is 7.00. The van der Waals surface area contributed by atoms with Crippen molar-refractivity contribution >= 4 is 56.3 Å². The summed E-state index contributed by atoms with van der Waals surface area (Å²) in [6.45, 7) is 12.4. The van der Waals surface area contributed by atoms with Crippen LogP contribution in [0.3, 0.4) is 0 Å². The normalized spacial score (nSPS) is 24.2. The van der Waals surface area contributed by atoms with Crippen molar-refractivity contribution in [1.82, 2.24) is 4.57 Å². The number of aromatic nitrogens is 1. The monoisotopic (exact) mass is 506 g/mol. The predicted octanol–water partition coefficient (Wildman–Crippen LogP) is 6.97. The van der Waals surface area contributed by atoms with Crippen LogP contribution in [0, 0.1) is 0 Å². The van der Waals surface area contributed by atoms with Crippen molar-refractivity contribution in [2.75, 3.05) is 4.90 Å². The fraction of sp³-hybridized carbons (Fsp3) is 0.333. The maximum atomic E-state index is 2.82. The smallest absolute Gasteiger partial charge is 0.252 e. The molecule has 2 nitrogen and oxygen atoms in total. The van der Waals surface area contributed by atoms with Gasteiger partial charge in [0.25, 0.3) is 6.71 Å². The van der Waals surface area contributed by atoms with E-state index in [1.54, 1.807) is 11.0 Å². The van der Waals surface area contributed by atoms with Crippen molar-refractivity contribution in [3.63, 3.8) is 0 Å². The van der Waals surface area contributed by atoms with Gasteiger partial charge in [-0.2, -0.15) is 0 Å². The number of nitrogens with zero attached hydrogens (tertiary/aromatic N) is 2. The van der Waals surface area contributed by atoms with E-state index in [0.29, 0.717) is 0 Å². The molecule has 5 aromatic rings. The maximum absolute atomic E-state index is 2.82. The van der Waals surface area contributed by atoms with E-state index in [0.717, 1.165) is 0 Å². The minimum Gasteiger partial charge on any atom is -0.335 e. The molecule has 39 heavy (non-hydrogen) atoms. The van der Waals surface area contributed by atoms with Gasteiger partial charge in [0, 0.05) is 33.2 Å². The number of fused-ring (bicyclic) bond motifs is 12.